The van der Waals surface area contributed by atoms with Crippen molar-refractivity contribution in [2.24, 2.45) is 0 Å². The maximum atomic E-state index is 12.6. The van der Waals surface area contributed by atoms with E-state index < -0.39 is 36.7 Å². The Balaban J connectivity index is 1.99. The Hall–Kier alpha value is -3.30. The van der Waals surface area contributed by atoms with Crippen LogP contribution in [0, 0.1) is 0 Å². The van der Waals surface area contributed by atoms with Gasteiger partial charge in [0.25, 0.3) is 0 Å². The molecule has 0 aliphatic rings. The first-order valence-electron chi connectivity index (χ1n) is 9.66. The van der Waals surface area contributed by atoms with E-state index >= 15 is 0 Å². The molecular formula is C22H25ClN2O7. The maximum Gasteiger partial charge on any atom is 0.408 e. The van der Waals surface area contributed by atoms with Gasteiger partial charge in [0.15, 0.2) is 0 Å². The number of amides is 2. The maximum absolute atomic E-state index is 12.6. The number of halogens is 1. The third-order valence-corrected chi connectivity index (χ3v) is 4.76. The van der Waals surface area contributed by atoms with Crippen molar-refractivity contribution in [1.29, 1.82) is 0 Å². The topological polar surface area (TPSA) is 123 Å². The number of carbonyl (C=O) groups is 3. The Kier molecular flexibility index (Phi) is 9.77. The SMILES string of the molecule is COC(=O)[C@@H](Cc1ccc(OC)c(Cl)c1)NC(=O)[C@H](CO)NC(=O)OCc1ccccc1. The van der Waals surface area contributed by atoms with Gasteiger partial charge in [-0.05, 0) is 23.3 Å². The van der Waals surface area contributed by atoms with Crippen molar-refractivity contribution in [2.45, 2.75) is 25.1 Å². The van der Waals surface area contributed by atoms with Crippen LogP contribution in [-0.4, -0.2) is 56.0 Å². The van der Waals surface area contributed by atoms with Crippen LogP contribution in [0.5, 0.6) is 5.75 Å². The first-order valence-corrected chi connectivity index (χ1v) is 10.0. The summed E-state index contributed by atoms with van der Waals surface area (Å²) in [5.74, 6) is -1.01. The number of ether oxygens (including phenoxy) is 3. The Labute approximate surface area is 190 Å². The molecule has 9 nitrogen and oxygen atoms in total. The van der Waals surface area contributed by atoms with E-state index in [0.29, 0.717) is 16.3 Å². The molecule has 0 aromatic heterocycles. The highest BCUT2D eigenvalue weighted by atomic mass is 35.5. The van der Waals surface area contributed by atoms with E-state index in [1.165, 1.54) is 14.2 Å². The summed E-state index contributed by atoms with van der Waals surface area (Å²) in [6.45, 7) is -0.704. The zero-order valence-corrected chi connectivity index (χ0v) is 18.4. The monoisotopic (exact) mass is 464 g/mol. The molecule has 32 heavy (non-hydrogen) atoms. The van der Waals surface area contributed by atoms with Crippen LogP contribution in [0.15, 0.2) is 48.5 Å². The van der Waals surface area contributed by atoms with Crippen LogP contribution in [-0.2, 0) is 32.1 Å². The Bertz CT molecular complexity index is 924. The summed E-state index contributed by atoms with van der Waals surface area (Å²) in [5.41, 5.74) is 1.40. The quantitative estimate of drug-likeness (QED) is 0.458. The van der Waals surface area contributed by atoms with Crippen molar-refractivity contribution in [1.82, 2.24) is 10.6 Å². The van der Waals surface area contributed by atoms with Crippen LogP contribution in [0.2, 0.25) is 5.02 Å². The number of esters is 1. The Morgan fingerprint density at radius 1 is 1.00 bits per heavy atom. The molecular weight excluding hydrogens is 440 g/mol. The number of methoxy groups -OCH3 is 2. The van der Waals surface area contributed by atoms with Gasteiger partial charge in [-0.25, -0.2) is 9.59 Å². The Morgan fingerprint density at radius 3 is 2.31 bits per heavy atom. The molecule has 10 heteroatoms. The summed E-state index contributed by atoms with van der Waals surface area (Å²) in [6.07, 6.45) is -0.821. The number of rotatable bonds is 10. The van der Waals surface area contributed by atoms with E-state index in [1.807, 2.05) is 6.07 Å². The standard InChI is InChI=1S/C22H25ClN2O7/c1-30-19-9-8-15(10-16(19)23)11-17(21(28)31-2)24-20(27)18(12-26)25-22(29)32-13-14-6-4-3-5-7-14/h3-10,17-18,26H,11-13H2,1-2H3,(H,24,27)(H,25,29)/t17-,18+/m1/s1. The van der Waals surface area contributed by atoms with Gasteiger partial charge in [0.1, 0.15) is 24.4 Å². The first kappa shape index (κ1) is 25.0. The van der Waals surface area contributed by atoms with Gasteiger partial charge in [0.2, 0.25) is 5.91 Å². The van der Waals surface area contributed by atoms with E-state index in [4.69, 9.17) is 25.8 Å². The molecule has 0 heterocycles. The molecule has 2 aromatic carbocycles. The summed E-state index contributed by atoms with van der Waals surface area (Å²) in [7, 11) is 2.66. The Morgan fingerprint density at radius 2 is 1.72 bits per heavy atom. The number of aliphatic hydroxyl groups excluding tert-OH is 1. The van der Waals surface area contributed by atoms with Gasteiger partial charge in [0.05, 0.1) is 25.8 Å². The molecule has 172 valence electrons. The van der Waals surface area contributed by atoms with E-state index in [0.717, 1.165) is 5.56 Å². The van der Waals surface area contributed by atoms with Crippen molar-refractivity contribution in [3.05, 3.63) is 64.7 Å². The minimum Gasteiger partial charge on any atom is -0.495 e. The number of hydrogen-bond donors (Lipinski definition) is 3. The van der Waals surface area contributed by atoms with Crippen LogP contribution in [0.4, 0.5) is 4.79 Å². The van der Waals surface area contributed by atoms with Crippen LogP contribution < -0.4 is 15.4 Å². The van der Waals surface area contributed by atoms with Crippen molar-refractivity contribution in [3.63, 3.8) is 0 Å². The molecule has 2 rings (SSSR count). The molecule has 0 unspecified atom stereocenters. The van der Waals surface area contributed by atoms with Crippen LogP contribution in [0.25, 0.3) is 0 Å². The fourth-order valence-corrected chi connectivity index (χ4v) is 3.06. The highest BCUT2D eigenvalue weighted by molar-refractivity contribution is 6.32. The lowest BCUT2D eigenvalue weighted by atomic mass is 10.1. The first-order chi connectivity index (χ1) is 15.4. The number of aliphatic hydroxyl groups is 1. The summed E-state index contributed by atoms with van der Waals surface area (Å²) in [5, 5.41) is 14.6. The number of hydrogen-bond acceptors (Lipinski definition) is 7. The number of benzene rings is 2. The highest BCUT2D eigenvalue weighted by Crippen LogP contribution is 2.25. The molecule has 0 aliphatic heterocycles. The molecule has 0 spiro atoms. The third kappa shape index (κ3) is 7.44. The number of nitrogens with one attached hydrogen (secondary N) is 2. The van der Waals surface area contributed by atoms with Gasteiger partial charge < -0.3 is 30.0 Å². The second kappa shape index (κ2) is 12.5. The lowest BCUT2D eigenvalue weighted by Crippen LogP contribution is -2.54. The van der Waals surface area contributed by atoms with E-state index in [9.17, 15) is 19.5 Å². The lowest BCUT2D eigenvalue weighted by molar-refractivity contribution is -0.145. The summed E-state index contributed by atoms with van der Waals surface area (Å²) in [6, 6.07) is 11.5. The summed E-state index contributed by atoms with van der Waals surface area (Å²) < 4.78 is 14.9. The van der Waals surface area contributed by atoms with E-state index in [1.54, 1.807) is 42.5 Å². The molecule has 2 atom stereocenters. The fourth-order valence-electron chi connectivity index (χ4n) is 2.78. The predicted octanol–water partition coefficient (Wildman–Crippen LogP) is 1.84. The van der Waals surface area contributed by atoms with E-state index in [-0.39, 0.29) is 13.0 Å². The van der Waals surface area contributed by atoms with Gasteiger partial charge in [-0.15, -0.1) is 0 Å². The van der Waals surface area contributed by atoms with Gasteiger partial charge in [0, 0.05) is 6.42 Å². The zero-order chi connectivity index (χ0) is 23.5. The average Bonchev–Trinajstić information content (AvgIpc) is 2.80. The molecule has 0 saturated heterocycles. The second-order valence-electron chi connectivity index (χ2n) is 6.70. The van der Waals surface area contributed by atoms with Crippen molar-refractivity contribution >= 4 is 29.6 Å². The average molecular weight is 465 g/mol. The van der Waals surface area contributed by atoms with Crippen LogP contribution in [0.1, 0.15) is 11.1 Å². The van der Waals surface area contributed by atoms with E-state index in [2.05, 4.69) is 10.6 Å². The minimum absolute atomic E-state index is 0.00451. The third-order valence-electron chi connectivity index (χ3n) is 4.46. The molecule has 2 aromatic rings. The predicted molar refractivity (Wildman–Crippen MR) is 116 cm³/mol. The van der Waals surface area contributed by atoms with Crippen LogP contribution >= 0.6 is 11.6 Å². The summed E-state index contributed by atoms with van der Waals surface area (Å²) >= 11 is 6.11. The smallest absolute Gasteiger partial charge is 0.408 e. The molecule has 2 amide bonds. The van der Waals surface area contributed by atoms with Crippen molar-refractivity contribution in [2.75, 3.05) is 20.8 Å². The van der Waals surface area contributed by atoms with Gasteiger partial charge in [-0.3, -0.25) is 4.79 Å². The second-order valence-corrected chi connectivity index (χ2v) is 7.11. The van der Waals surface area contributed by atoms with Crippen molar-refractivity contribution in [3.8, 4) is 5.75 Å². The fraction of sp³-hybridized carbons (Fsp3) is 0.318. The van der Waals surface area contributed by atoms with Crippen LogP contribution in [0.3, 0.4) is 0 Å². The molecule has 0 fully saturated rings. The minimum atomic E-state index is -1.33. The molecule has 0 saturated carbocycles. The van der Waals surface area contributed by atoms with Gasteiger partial charge in [-0.1, -0.05) is 48.0 Å². The number of carbonyl (C=O) groups excluding carboxylic acids is 3. The van der Waals surface area contributed by atoms with Gasteiger partial charge >= 0.3 is 12.1 Å². The largest absolute Gasteiger partial charge is 0.495 e. The molecule has 0 aliphatic carbocycles. The molecule has 0 radical (unpaired) electrons. The van der Waals surface area contributed by atoms with Crippen molar-refractivity contribution < 1.29 is 33.7 Å². The zero-order valence-electron chi connectivity index (χ0n) is 17.7. The normalized spacial score (nSPS) is 12.2. The molecule has 0 bridgehead atoms. The molecule has 3 N–H and O–H groups in total. The lowest BCUT2D eigenvalue weighted by Gasteiger charge is -2.21. The summed E-state index contributed by atoms with van der Waals surface area (Å²) in [4.78, 5) is 36.8. The highest BCUT2D eigenvalue weighted by Gasteiger charge is 2.27. The van der Waals surface area contributed by atoms with Gasteiger partial charge in [-0.2, -0.15) is 0 Å². The number of alkyl carbamates (subject to hydrolysis) is 1.